The molecule has 1 N–H and O–H groups in total. The third kappa shape index (κ3) is 5.82. The van der Waals surface area contributed by atoms with E-state index in [1.165, 1.54) is 12.1 Å². The minimum atomic E-state index is -3.88. The molecule has 28 heavy (non-hydrogen) atoms. The van der Waals surface area contributed by atoms with Gasteiger partial charge in [-0.3, -0.25) is 9.59 Å². The van der Waals surface area contributed by atoms with Gasteiger partial charge in [-0.25, -0.2) is 4.83 Å². The van der Waals surface area contributed by atoms with Crippen molar-refractivity contribution in [2.45, 2.75) is 38.0 Å². The molecular formula is C19H24N2O6S. The predicted octanol–water partition coefficient (Wildman–Crippen LogP) is 1.79. The highest BCUT2D eigenvalue weighted by atomic mass is 32.2. The molecule has 0 aliphatic heterocycles. The molecule has 8 nitrogen and oxygen atoms in total. The molecule has 0 fully saturated rings. The molecule has 152 valence electrons. The van der Waals surface area contributed by atoms with Gasteiger partial charge in [0.1, 0.15) is 0 Å². The summed E-state index contributed by atoms with van der Waals surface area (Å²) in [6, 6.07) is 6.20. The van der Waals surface area contributed by atoms with Crippen LogP contribution in [0.3, 0.4) is 0 Å². The van der Waals surface area contributed by atoms with E-state index in [0.717, 1.165) is 26.0 Å². The third-order valence-electron chi connectivity index (χ3n) is 3.88. The average Bonchev–Trinajstić information content (AvgIpc) is 2.69. The standard InChI is InChI=1S/C19H24N2O6S/c1-5-6-7-12-19(17(22)26-3,18(23)27-4)13-14-20-21-28(24,25)16-10-8-15(2)9-11-16/h8-11,14,21H,5,12-13H2,1-4H3/b20-14+. The maximum Gasteiger partial charge on any atom is 0.324 e. The summed E-state index contributed by atoms with van der Waals surface area (Å²) in [5.41, 5.74) is -0.818. The van der Waals surface area contributed by atoms with Crippen molar-refractivity contribution in [1.29, 1.82) is 0 Å². The lowest BCUT2D eigenvalue weighted by atomic mass is 9.81. The molecule has 9 heteroatoms. The Balaban J connectivity index is 3.03. The number of ether oxygens (including phenoxy) is 2. The molecule has 0 radical (unpaired) electrons. The van der Waals surface area contributed by atoms with Crippen LogP contribution >= 0.6 is 0 Å². The number of sulfonamides is 1. The Morgan fingerprint density at radius 2 is 1.71 bits per heavy atom. The van der Waals surface area contributed by atoms with Gasteiger partial charge >= 0.3 is 11.9 Å². The number of rotatable bonds is 8. The van der Waals surface area contributed by atoms with Crippen LogP contribution in [0.2, 0.25) is 0 Å². The Morgan fingerprint density at radius 3 is 2.21 bits per heavy atom. The van der Waals surface area contributed by atoms with Crippen molar-refractivity contribution in [2.75, 3.05) is 14.2 Å². The highest BCUT2D eigenvalue weighted by Gasteiger charge is 2.47. The van der Waals surface area contributed by atoms with Gasteiger partial charge < -0.3 is 9.47 Å². The summed E-state index contributed by atoms with van der Waals surface area (Å²) in [6.07, 6.45) is 1.27. The number of benzene rings is 1. The van der Waals surface area contributed by atoms with Crippen LogP contribution in [0.25, 0.3) is 0 Å². The summed E-state index contributed by atoms with van der Waals surface area (Å²) < 4.78 is 33.9. The molecule has 0 aliphatic rings. The van der Waals surface area contributed by atoms with E-state index in [-0.39, 0.29) is 17.7 Å². The largest absolute Gasteiger partial charge is 0.468 e. The van der Waals surface area contributed by atoms with Gasteiger partial charge in [0.25, 0.3) is 10.0 Å². The van der Waals surface area contributed by atoms with Gasteiger partial charge in [-0.2, -0.15) is 13.5 Å². The molecule has 0 atom stereocenters. The highest BCUT2D eigenvalue weighted by molar-refractivity contribution is 7.89. The molecule has 0 bridgehead atoms. The zero-order valence-electron chi connectivity index (χ0n) is 16.3. The summed E-state index contributed by atoms with van der Waals surface area (Å²) in [7, 11) is -1.59. The zero-order chi connectivity index (χ0) is 21.2. The van der Waals surface area contributed by atoms with E-state index in [1.807, 2.05) is 18.7 Å². The fourth-order valence-electron chi connectivity index (χ4n) is 2.27. The lowest BCUT2D eigenvalue weighted by molar-refractivity contribution is -0.168. The molecule has 0 aliphatic carbocycles. The Kier molecular flexibility index (Phi) is 8.67. The summed E-state index contributed by atoms with van der Waals surface area (Å²) in [4.78, 5) is 26.7. The molecule has 0 amide bonds. The fourth-order valence-corrected chi connectivity index (χ4v) is 3.09. The number of hydrazone groups is 1. The smallest absolute Gasteiger partial charge is 0.324 e. The van der Waals surface area contributed by atoms with Crippen LogP contribution in [0.5, 0.6) is 0 Å². The summed E-state index contributed by atoms with van der Waals surface area (Å²) in [5, 5.41) is 3.66. The summed E-state index contributed by atoms with van der Waals surface area (Å²) in [6.45, 7) is 3.66. The molecule has 1 aromatic rings. The second-order valence-electron chi connectivity index (χ2n) is 5.87. The van der Waals surface area contributed by atoms with Crippen molar-refractivity contribution in [1.82, 2.24) is 4.83 Å². The van der Waals surface area contributed by atoms with Crippen LogP contribution in [-0.2, 0) is 29.1 Å². The molecule has 1 rings (SSSR count). The maximum absolute atomic E-state index is 12.3. The van der Waals surface area contributed by atoms with Gasteiger partial charge in [0.15, 0.2) is 5.41 Å². The number of hydrogen-bond donors (Lipinski definition) is 1. The Bertz CT molecular complexity index is 863. The third-order valence-corrected chi connectivity index (χ3v) is 5.12. The number of hydrogen-bond acceptors (Lipinski definition) is 7. The molecule has 0 saturated heterocycles. The van der Waals surface area contributed by atoms with Gasteiger partial charge in [0, 0.05) is 25.5 Å². The first-order valence-electron chi connectivity index (χ1n) is 8.46. The van der Waals surface area contributed by atoms with Crippen LogP contribution in [0.1, 0.15) is 31.7 Å². The Labute approximate surface area is 165 Å². The number of carbonyl (C=O) groups excluding carboxylic acids is 2. The quantitative estimate of drug-likeness (QED) is 0.231. The van der Waals surface area contributed by atoms with Gasteiger partial charge in [0.2, 0.25) is 0 Å². The normalized spacial score (nSPS) is 11.4. The average molecular weight is 408 g/mol. The minimum absolute atomic E-state index is 0.0382. The van der Waals surface area contributed by atoms with Crippen LogP contribution in [-0.4, -0.2) is 40.8 Å². The van der Waals surface area contributed by atoms with Crippen molar-refractivity contribution in [3.05, 3.63) is 29.8 Å². The van der Waals surface area contributed by atoms with Crippen LogP contribution in [0.4, 0.5) is 0 Å². The van der Waals surface area contributed by atoms with Crippen LogP contribution in [0.15, 0.2) is 34.3 Å². The van der Waals surface area contributed by atoms with E-state index in [9.17, 15) is 18.0 Å². The van der Waals surface area contributed by atoms with Gasteiger partial charge in [-0.15, -0.1) is 11.8 Å². The zero-order valence-corrected chi connectivity index (χ0v) is 17.1. The van der Waals surface area contributed by atoms with E-state index in [4.69, 9.17) is 9.47 Å². The first-order chi connectivity index (χ1) is 13.2. The van der Waals surface area contributed by atoms with Crippen molar-refractivity contribution in [3.8, 4) is 11.8 Å². The fraction of sp³-hybridized carbons (Fsp3) is 0.421. The second kappa shape index (κ2) is 10.5. The van der Waals surface area contributed by atoms with E-state index in [2.05, 4.69) is 16.9 Å². The first kappa shape index (κ1) is 23.2. The molecule has 1 aromatic carbocycles. The van der Waals surface area contributed by atoms with Crippen molar-refractivity contribution < 1.29 is 27.5 Å². The number of carbonyl (C=O) groups is 2. The lowest BCUT2D eigenvalue weighted by Crippen LogP contribution is -2.41. The van der Waals surface area contributed by atoms with E-state index in [0.29, 0.717) is 6.42 Å². The highest BCUT2D eigenvalue weighted by Crippen LogP contribution is 2.29. The number of esters is 2. The van der Waals surface area contributed by atoms with Gasteiger partial charge in [-0.1, -0.05) is 24.6 Å². The lowest BCUT2D eigenvalue weighted by Gasteiger charge is -2.24. The van der Waals surface area contributed by atoms with Crippen molar-refractivity contribution >= 4 is 28.2 Å². The number of methoxy groups -OCH3 is 2. The number of aryl methyl sites for hydroxylation is 1. The monoisotopic (exact) mass is 408 g/mol. The second-order valence-corrected chi connectivity index (χ2v) is 7.53. The molecule has 0 saturated carbocycles. The number of nitrogens with zero attached hydrogens (tertiary/aromatic N) is 1. The van der Waals surface area contributed by atoms with E-state index < -0.39 is 27.4 Å². The Hall–Kier alpha value is -2.86. The maximum atomic E-state index is 12.3. The van der Waals surface area contributed by atoms with E-state index in [1.54, 1.807) is 12.1 Å². The van der Waals surface area contributed by atoms with Gasteiger partial charge in [-0.05, 0) is 19.1 Å². The molecule has 0 aromatic heterocycles. The summed E-state index contributed by atoms with van der Waals surface area (Å²) >= 11 is 0. The van der Waals surface area contributed by atoms with Crippen molar-refractivity contribution in [3.63, 3.8) is 0 Å². The topological polar surface area (TPSA) is 111 Å². The van der Waals surface area contributed by atoms with Crippen LogP contribution in [0, 0.1) is 24.2 Å². The van der Waals surface area contributed by atoms with Crippen molar-refractivity contribution in [2.24, 2.45) is 10.5 Å². The van der Waals surface area contributed by atoms with Crippen LogP contribution < -0.4 is 4.83 Å². The Morgan fingerprint density at radius 1 is 1.14 bits per heavy atom. The molecular weight excluding hydrogens is 384 g/mol. The molecule has 0 spiro atoms. The first-order valence-corrected chi connectivity index (χ1v) is 9.94. The molecule has 0 heterocycles. The van der Waals surface area contributed by atoms with Gasteiger partial charge in [0.05, 0.1) is 19.1 Å². The predicted molar refractivity (Wildman–Crippen MR) is 104 cm³/mol. The SMILES string of the molecule is CCC#CCC(C/C=N/NS(=O)(=O)c1ccc(C)cc1)(C(=O)OC)C(=O)OC. The molecule has 0 unspecified atom stereocenters. The minimum Gasteiger partial charge on any atom is -0.468 e. The van der Waals surface area contributed by atoms with E-state index >= 15 is 0 Å². The number of nitrogens with one attached hydrogen (secondary N) is 1. The summed E-state index contributed by atoms with van der Waals surface area (Å²) in [5.74, 6) is 3.85.